The lowest BCUT2D eigenvalue weighted by molar-refractivity contribution is 0.119. The van der Waals surface area contributed by atoms with Gasteiger partial charge in [-0.2, -0.15) is 0 Å². The minimum Gasteiger partial charge on any atom is -0.384 e. The maximum Gasteiger partial charge on any atom is 0.0488 e. The van der Waals surface area contributed by atoms with Crippen molar-refractivity contribution in [3.8, 4) is 0 Å². The maximum absolute atomic E-state index is 5.30. The van der Waals surface area contributed by atoms with Crippen LogP contribution >= 0.6 is 0 Å². The smallest absolute Gasteiger partial charge is 0.0488 e. The summed E-state index contributed by atoms with van der Waals surface area (Å²) in [5, 5.41) is 3.75. The van der Waals surface area contributed by atoms with Crippen molar-refractivity contribution in [2.45, 2.75) is 65.3 Å². The molecule has 4 atom stereocenters. The van der Waals surface area contributed by atoms with Gasteiger partial charge in [0, 0.05) is 19.8 Å². The van der Waals surface area contributed by atoms with Gasteiger partial charge in [-0.15, -0.1) is 0 Å². The Morgan fingerprint density at radius 1 is 1.22 bits per heavy atom. The molecule has 0 spiro atoms. The fraction of sp³-hybridized carbons (Fsp3) is 1.00. The third kappa shape index (κ3) is 4.89. The first-order valence-electron chi connectivity index (χ1n) is 7.95. The van der Waals surface area contributed by atoms with E-state index < -0.39 is 0 Å². The van der Waals surface area contributed by atoms with Crippen LogP contribution in [0.4, 0.5) is 0 Å². The van der Waals surface area contributed by atoms with Gasteiger partial charge in [0.25, 0.3) is 0 Å². The molecule has 18 heavy (non-hydrogen) atoms. The van der Waals surface area contributed by atoms with Gasteiger partial charge >= 0.3 is 0 Å². The summed E-state index contributed by atoms with van der Waals surface area (Å²) in [6, 6.07) is 0.699. The molecule has 2 heteroatoms. The molecule has 0 amide bonds. The van der Waals surface area contributed by atoms with Crippen molar-refractivity contribution < 1.29 is 4.74 Å². The van der Waals surface area contributed by atoms with Crippen LogP contribution in [0.15, 0.2) is 0 Å². The fourth-order valence-electron chi connectivity index (χ4n) is 3.73. The first-order valence-corrected chi connectivity index (χ1v) is 7.95. The van der Waals surface area contributed by atoms with Crippen molar-refractivity contribution in [1.82, 2.24) is 5.32 Å². The quantitative estimate of drug-likeness (QED) is 0.711. The average Bonchev–Trinajstić information content (AvgIpc) is 2.38. The zero-order valence-electron chi connectivity index (χ0n) is 12.9. The van der Waals surface area contributed by atoms with Crippen molar-refractivity contribution in [1.29, 1.82) is 0 Å². The zero-order valence-corrected chi connectivity index (χ0v) is 12.9. The molecule has 1 fully saturated rings. The van der Waals surface area contributed by atoms with Gasteiger partial charge in [0.15, 0.2) is 0 Å². The SMILES string of the molecule is CCNC(CC(C)COC)C1CCCCC1CC. The molecular weight excluding hydrogens is 222 g/mol. The highest BCUT2D eigenvalue weighted by Gasteiger charge is 2.30. The highest BCUT2D eigenvalue weighted by molar-refractivity contribution is 4.85. The molecule has 0 aliphatic heterocycles. The van der Waals surface area contributed by atoms with E-state index in [9.17, 15) is 0 Å². The Morgan fingerprint density at radius 2 is 1.94 bits per heavy atom. The average molecular weight is 255 g/mol. The highest BCUT2D eigenvalue weighted by atomic mass is 16.5. The minimum absolute atomic E-state index is 0.665. The lowest BCUT2D eigenvalue weighted by Gasteiger charge is -2.38. The van der Waals surface area contributed by atoms with Crippen LogP contribution in [0.25, 0.3) is 0 Å². The Balaban J connectivity index is 2.57. The number of methoxy groups -OCH3 is 1. The maximum atomic E-state index is 5.30. The lowest BCUT2D eigenvalue weighted by atomic mass is 9.72. The molecule has 0 aromatic heterocycles. The highest BCUT2D eigenvalue weighted by Crippen LogP contribution is 2.36. The van der Waals surface area contributed by atoms with Crippen LogP contribution in [0.5, 0.6) is 0 Å². The van der Waals surface area contributed by atoms with E-state index in [4.69, 9.17) is 4.74 Å². The van der Waals surface area contributed by atoms with E-state index in [1.54, 1.807) is 0 Å². The Bertz CT molecular complexity index is 207. The van der Waals surface area contributed by atoms with Gasteiger partial charge in [0.1, 0.15) is 0 Å². The van der Waals surface area contributed by atoms with E-state index in [-0.39, 0.29) is 0 Å². The summed E-state index contributed by atoms with van der Waals surface area (Å²) in [6.45, 7) is 8.91. The van der Waals surface area contributed by atoms with Crippen LogP contribution in [0.2, 0.25) is 0 Å². The van der Waals surface area contributed by atoms with E-state index in [2.05, 4.69) is 26.1 Å². The van der Waals surface area contributed by atoms with Gasteiger partial charge in [0.05, 0.1) is 0 Å². The molecule has 0 aromatic rings. The molecule has 1 aliphatic rings. The van der Waals surface area contributed by atoms with Gasteiger partial charge in [-0.1, -0.05) is 46.5 Å². The van der Waals surface area contributed by atoms with Crippen LogP contribution in [0, 0.1) is 17.8 Å². The predicted molar refractivity (Wildman–Crippen MR) is 78.9 cm³/mol. The van der Waals surface area contributed by atoms with Crippen molar-refractivity contribution in [3.05, 3.63) is 0 Å². The van der Waals surface area contributed by atoms with E-state index >= 15 is 0 Å². The zero-order chi connectivity index (χ0) is 13.4. The molecule has 0 bridgehead atoms. The normalized spacial score (nSPS) is 28.0. The summed E-state index contributed by atoms with van der Waals surface area (Å²) in [5.74, 6) is 2.50. The topological polar surface area (TPSA) is 21.3 Å². The number of nitrogens with one attached hydrogen (secondary N) is 1. The van der Waals surface area contributed by atoms with Crippen LogP contribution in [-0.2, 0) is 4.74 Å². The Hall–Kier alpha value is -0.0800. The van der Waals surface area contributed by atoms with Crippen molar-refractivity contribution in [3.63, 3.8) is 0 Å². The largest absolute Gasteiger partial charge is 0.384 e. The molecule has 0 saturated heterocycles. The first kappa shape index (κ1) is 16.0. The molecule has 1 N–H and O–H groups in total. The summed E-state index contributed by atoms with van der Waals surface area (Å²) < 4.78 is 5.30. The van der Waals surface area contributed by atoms with Crippen LogP contribution in [0.1, 0.15) is 59.3 Å². The Labute approximate surface area is 114 Å². The Kier molecular flexibility index (Phi) is 7.92. The molecule has 0 heterocycles. The third-order valence-corrected chi connectivity index (χ3v) is 4.58. The van der Waals surface area contributed by atoms with Crippen molar-refractivity contribution in [2.24, 2.45) is 17.8 Å². The third-order valence-electron chi connectivity index (χ3n) is 4.58. The van der Waals surface area contributed by atoms with E-state index in [1.807, 2.05) is 7.11 Å². The van der Waals surface area contributed by atoms with Crippen molar-refractivity contribution >= 4 is 0 Å². The number of ether oxygens (including phenoxy) is 1. The molecular formula is C16H33NO. The lowest BCUT2D eigenvalue weighted by Crippen LogP contribution is -2.42. The second-order valence-electron chi connectivity index (χ2n) is 6.08. The second-order valence-corrected chi connectivity index (χ2v) is 6.08. The molecule has 2 nitrogen and oxygen atoms in total. The Morgan fingerprint density at radius 3 is 2.56 bits per heavy atom. The monoisotopic (exact) mass is 255 g/mol. The number of rotatable bonds is 8. The van der Waals surface area contributed by atoms with Crippen LogP contribution in [-0.4, -0.2) is 26.3 Å². The molecule has 0 radical (unpaired) electrons. The summed E-state index contributed by atoms with van der Waals surface area (Å²) >= 11 is 0. The van der Waals surface area contributed by atoms with E-state index in [0.29, 0.717) is 12.0 Å². The molecule has 1 saturated carbocycles. The molecule has 1 rings (SSSR count). The van der Waals surface area contributed by atoms with Crippen molar-refractivity contribution in [2.75, 3.05) is 20.3 Å². The predicted octanol–water partition coefficient (Wildman–Crippen LogP) is 3.85. The summed E-state index contributed by atoms with van der Waals surface area (Å²) in [6.07, 6.45) is 8.37. The van der Waals surface area contributed by atoms with Gasteiger partial charge < -0.3 is 10.1 Å². The summed E-state index contributed by atoms with van der Waals surface area (Å²) in [5.41, 5.74) is 0. The number of hydrogen-bond acceptors (Lipinski definition) is 2. The first-order chi connectivity index (χ1) is 8.72. The van der Waals surface area contributed by atoms with Gasteiger partial charge in [-0.3, -0.25) is 0 Å². The number of hydrogen-bond donors (Lipinski definition) is 1. The molecule has 1 aliphatic carbocycles. The van der Waals surface area contributed by atoms with Gasteiger partial charge in [-0.05, 0) is 37.1 Å². The molecule has 108 valence electrons. The summed E-state index contributed by atoms with van der Waals surface area (Å²) in [7, 11) is 1.81. The fourth-order valence-corrected chi connectivity index (χ4v) is 3.73. The van der Waals surface area contributed by atoms with Gasteiger partial charge in [-0.25, -0.2) is 0 Å². The molecule has 0 aromatic carbocycles. The van der Waals surface area contributed by atoms with Crippen LogP contribution < -0.4 is 5.32 Å². The second kappa shape index (κ2) is 8.92. The van der Waals surface area contributed by atoms with Crippen LogP contribution in [0.3, 0.4) is 0 Å². The standard InChI is InChI=1S/C16H33NO/c1-5-14-9-7-8-10-15(14)16(17-6-2)11-13(3)12-18-4/h13-17H,5-12H2,1-4H3. The minimum atomic E-state index is 0.665. The summed E-state index contributed by atoms with van der Waals surface area (Å²) in [4.78, 5) is 0. The van der Waals surface area contributed by atoms with E-state index in [0.717, 1.165) is 25.0 Å². The molecule has 4 unspecified atom stereocenters. The van der Waals surface area contributed by atoms with Gasteiger partial charge in [0.2, 0.25) is 0 Å². The van der Waals surface area contributed by atoms with E-state index in [1.165, 1.54) is 38.5 Å².